The Hall–Kier alpha value is -4.08. The molecule has 0 atom stereocenters. The molecule has 0 saturated carbocycles. The van der Waals surface area contributed by atoms with E-state index in [0.29, 0.717) is 22.2 Å². The predicted octanol–water partition coefficient (Wildman–Crippen LogP) is 1.24. The molecule has 0 radical (unpaired) electrons. The van der Waals surface area contributed by atoms with Crippen LogP contribution in [0.3, 0.4) is 0 Å². The largest absolute Gasteiger partial charge is 0.455 e. The fraction of sp³-hybridized carbons (Fsp3) is 0.190. The first-order valence-corrected chi connectivity index (χ1v) is 9.25. The number of aromatic amines is 1. The van der Waals surface area contributed by atoms with E-state index < -0.39 is 30.2 Å². The van der Waals surface area contributed by atoms with Gasteiger partial charge in [0.15, 0.2) is 6.61 Å². The number of aromatic nitrogens is 2. The normalized spacial score (nSPS) is 10.5. The summed E-state index contributed by atoms with van der Waals surface area (Å²) in [4.78, 5) is 49.2. The Kier molecular flexibility index (Phi) is 6.71. The monoisotopic (exact) mass is 426 g/mol. The van der Waals surface area contributed by atoms with Crippen LogP contribution in [0.15, 0.2) is 53.3 Å². The highest BCUT2D eigenvalue weighted by Gasteiger charge is 2.17. The number of esters is 1. The predicted molar refractivity (Wildman–Crippen MR) is 110 cm³/mol. The van der Waals surface area contributed by atoms with Gasteiger partial charge in [0, 0.05) is 18.1 Å². The maximum absolute atomic E-state index is 12.9. The van der Waals surface area contributed by atoms with E-state index in [0.717, 1.165) is 4.90 Å². The van der Waals surface area contributed by atoms with Gasteiger partial charge in [-0.15, -0.1) is 0 Å². The molecule has 3 aromatic rings. The molecular formula is C21H19FN4O5. The Morgan fingerprint density at radius 3 is 2.48 bits per heavy atom. The molecule has 0 bridgehead atoms. The summed E-state index contributed by atoms with van der Waals surface area (Å²) in [6.45, 7) is -0.833. The Morgan fingerprint density at radius 1 is 1.10 bits per heavy atom. The van der Waals surface area contributed by atoms with Crippen LogP contribution in [0.5, 0.6) is 0 Å². The molecule has 0 aliphatic carbocycles. The quantitative estimate of drug-likeness (QED) is 0.549. The molecule has 160 valence electrons. The number of anilines is 1. The number of nitrogens with zero attached hydrogens (tertiary/aromatic N) is 2. The molecule has 31 heavy (non-hydrogen) atoms. The van der Waals surface area contributed by atoms with Gasteiger partial charge in [-0.3, -0.25) is 19.2 Å². The number of hydrogen-bond acceptors (Lipinski definition) is 6. The van der Waals surface area contributed by atoms with E-state index in [1.807, 2.05) is 0 Å². The van der Waals surface area contributed by atoms with Gasteiger partial charge in [-0.05, 0) is 30.3 Å². The summed E-state index contributed by atoms with van der Waals surface area (Å²) in [6, 6.07) is 11.9. The van der Waals surface area contributed by atoms with Gasteiger partial charge in [-0.1, -0.05) is 18.2 Å². The number of hydrogen-bond donors (Lipinski definition) is 2. The zero-order chi connectivity index (χ0) is 22.4. The number of amides is 2. The number of benzene rings is 2. The fourth-order valence-corrected chi connectivity index (χ4v) is 2.78. The molecule has 2 aromatic carbocycles. The van der Waals surface area contributed by atoms with Crippen molar-refractivity contribution in [2.75, 3.05) is 25.5 Å². The number of carbonyl (C=O) groups is 3. The summed E-state index contributed by atoms with van der Waals surface area (Å²) >= 11 is 0. The summed E-state index contributed by atoms with van der Waals surface area (Å²) in [6.07, 6.45) is -0.237. The van der Waals surface area contributed by atoms with E-state index in [1.54, 1.807) is 24.3 Å². The van der Waals surface area contributed by atoms with Crippen molar-refractivity contribution in [2.24, 2.45) is 0 Å². The van der Waals surface area contributed by atoms with E-state index in [-0.39, 0.29) is 18.5 Å². The van der Waals surface area contributed by atoms with Crippen LogP contribution in [-0.2, 0) is 25.5 Å². The molecule has 0 fully saturated rings. The number of H-pyrrole nitrogens is 1. The maximum atomic E-state index is 12.9. The highest BCUT2D eigenvalue weighted by atomic mass is 19.1. The first-order valence-electron chi connectivity index (χ1n) is 9.25. The molecule has 10 heteroatoms. The van der Waals surface area contributed by atoms with Crippen molar-refractivity contribution in [1.29, 1.82) is 0 Å². The molecule has 9 nitrogen and oxygen atoms in total. The van der Waals surface area contributed by atoms with Crippen molar-refractivity contribution >= 4 is 34.2 Å². The zero-order valence-electron chi connectivity index (χ0n) is 16.6. The summed E-state index contributed by atoms with van der Waals surface area (Å²) < 4.78 is 17.9. The van der Waals surface area contributed by atoms with E-state index in [9.17, 15) is 23.6 Å². The minimum Gasteiger partial charge on any atom is -0.455 e. The number of ether oxygens (including phenoxy) is 1. The molecule has 0 saturated heterocycles. The van der Waals surface area contributed by atoms with Gasteiger partial charge in [0.25, 0.3) is 11.5 Å². The molecule has 3 rings (SSSR count). The van der Waals surface area contributed by atoms with Crippen LogP contribution in [0.4, 0.5) is 10.1 Å². The minimum atomic E-state index is -0.706. The minimum absolute atomic E-state index is 0.237. The van der Waals surface area contributed by atoms with Crippen molar-refractivity contribution < 1.29 is 23.5 Å². The van der Waals surface area contributed by atoms with Crippen LogP contribution in [0.25, 0.3) is 10.8 Å². The number of rotatable bonds is 7. The van der Waals surface area contributed by atoms with Gasteiger partial charge in [0.2, 0.25) is 5.91 Å². The number of fused-ring (bicyclic) bond motifs is 1. The van der Waals surface area contributed by atoms with E-state index in [2.05, 4.69) is 15.5 Å². The van der Waals surface area contributed by atoms with Gasteiger partial charge < -0.3 is 15.0 Å². The van der Waals surface area contributed by atoms with Crippen molar-refractivity contribution in [3.05, 3.63) is 70.4 Å². The van der Waals surface area contributed by atoms with Crippen molar-refractivity contribution in [2.45, 2.75) is 6.42 Å². The van der Waals surface area contributed by atoms with Crippen molar-refractivity contribution in [3.8, 4) is 0 Å². The third-order valence-corrected chi connectivity index (χ3v) is 4.38. The maximum Gasteiger partial charge on any atom is 0.312 e. The molecule has 0 aliphatic rings. The molecule has 0 spiro atoms. The molecule has 0 aliphatic heterocycles. The third kappa shape index (κ3) is 5.72. The third-order valence-electron chi connectivity index (χ3n) is 4.38. The van der Waals surface area contributed by atoms with Gasteiger partial charge in [-0.25, -0.2) is 9.49 Å². The highest BCUT2D eigenvalue weighted by molar-refractivity contribution is 5.95. The van der Waals surface area contributed by atoms with Crippen LogP contribution < -0.4 is 10.9 Å². The second-order valence-electron chi connectivity index (χ2n) is 6.69. The van der Waals surface area contributed by atoms with Gasteiger partial charge in [-0.2, -0.15) is 5.10 Å². The van der Waals surface area contributed by atoms with Crippen molar-refractivity contribution in [1.82, 2.24) is 15.1 Å². The second-order valence-corrected chi connectivity index (χ2v) is 6.69. The van der Waals surface area contributed by atoms with Gasteiger partial charge in [0.1, 0.15) is 5.82 Å². The van der Waals surface area contributed by atoms with Crippen LogP contribution >= 0.6 is 0 Å². The van der Waals surface area contributed by atoms with Crippen LogP contribution in [0.1, 0.15) is 5.69 Å². The van der Waals surface area contributed by atoms with E-state index in [4.69, 9.17) is 4.74 Å². The first-order chi connectivity index (χ1) is 14.8. The highest BCUT2D eigenvalue weighted by Crippen LogP contribution is 2.13. The molecular weight excluding hydrogens is 407 g/mol. The van der Waals surface area contributed by atoms with E-state index >= 15 is 0 Å². The molecule has 0 unspecified atom stereocenters. The number of likely N-dealkylation sites (N-methyl/N-ethyl adjacent to an activating group) is 1. The molecule has 1 aromatic heterocycles. The van der Waals surface area contributed by atoms with Crippen molar-refractivity contribution in [3.63, 3.8) is 0 Å². The second kappa shape index (κ2) is 9.61. The lowest BCUT2D eigenvalue weighted by Gasteiger charge is -2.16. The molecule has 1 heterocycles. The Morgan fingerprint density at radius 2 is 1.77 bits per heavy atom. The SMILES string of the molecule is CN(CC(=O)Nc1ccc(F)cc1)C(=O)COC(=O)Cc1n[nH]c(=O)c2ccccc12. The van der Waals surface area contributed by atoms with E-state index in [1.165, 1.54) is 31.3 Å². The number of carbonyl (C=O) groups excluding carboxylic acids is 3. The lowest BCUT2D eigenvalue weighted by Crippen LogP contribution is -2.37. The van der Waals surface area contributed by atoms with Gasteiger partial charge in [0.05, 0.1) is 24.0 Å². The fourth-order valence-electron chi connectivity index (χ4n) is 2.78. The summed E-state index contributed by atoms with van der Waals surface area (Å²) in [5, 5.41) is 9.64. The number of halogens is 1. The Bertz CT molecular complexity index is 1180. The van der Waals surface area contributed by atoms with Gasteiger partial charge >= 0.3 is 5.97 Å². The Labute approximate surface area is 175 Å². The lowest BCUT2D eigenvalue weighted by atomic mass is 10.1. The summed E-state index contributed by atoms with van der Waals surface area (Å²) in [7, 11) is 1.39. The summed E-state index contributed by atoms with van der Waals surface area (Å²) in [5.41, 5.74) is 0.336. The van der Waals surface area contributed by atoms with Crippen LogP contribution in [0, 0.1) is 5.82 Å². The molecule has 2 amide bonds. The van der Waals surface area contributed by atoms with Crippen LogP contribution in [0.2, 0.25) is 0 Å². The smallest absolute Gasteiger partial charge is 0.312 e. The zero-order valence-corrected chi connectivity index (χ0v) is 16.6. The van der Waals surface area contributed by atoms with Crippen LogP contribution in [-0.4, -0.2) is 53.1 Å². The standard InChI is InChI=1S/C21H19FN4O5/c1-26(11-18(27)23-14-8-6-13(22)7-9-14)19(28)12-31-20(29)10-17-15-4-2-3-5-16(15)21(30)25-24-17/h2-9H,10-12H2,1H3,(H,23,27)(H,25,30). The number of nitrogens with one attached hydrogen (secondary N) is 2. The molecule has 2 N–H and O–H groups in total. The average molecular weight is 426 g/mol. The lowest BCUT2D eigenvalue weighted by molar-refractivity contribution is -0.151. The summed E-state index contributed by atoms with van der Waals surface area (Å²) in [5.74, 6) is -2.21. The Balaban J connectivity index is 1.50. The topological polar surface area (TPSA) is 121 Å². The average Bonchev–Trinajstić information content (AvgIpc) is 2.75. The first kappa shape index (κ1) is 21.6.